The number of likely N-dealkylation sites (N-methyl/N-ethyl adjacent to an activating group) is 1. The summed E-state index contributed by atoms with van der Waals surface area (Å²) in [6, 6.07) is 6.28. The van der Waals surface area contributed by atoms with Crippen LogP contribution in [0.25, 0.3) is 0 Å². The topological polar surface area (TPSA) is 38.5 Å². The Kier molecular flexibility index (Phi) is 4.97. The molecular weight excluding hydrogens is 212 g/mol. The Hall–Kier alpha value is -1.06. The molecule has 1 atom stereocenters. The molecule has 0 heterocycles. The highest BCUT2D eigenvalue weighted by molar-refractivity contribution is 5.40. The molecule has 0 aliphatic carbocycles. The standard InChI is InChI=1S/C14H24N2O/c1-10(2)12-8-11(6-7-14(12)17-5)13(15)9-16(3)4/h6-8,10,13H,9,15H2,1-5H3. The van der Waals surface area contributed by atoms with E-state index in [1.54, 1.807) is 7.11 Å². The summed E-state index contributed by atoms with van der Waals surface area (Å²) in [7, 11) is 5.78. The van der Waals surface area contributed by atoms with Gasteiger partial charge in [0.05, 0.1) is 7.11 Å². The lowest BCUT2D eigenvalue weighted by molar-refractivity contribution is 0.375. The molecule has 1 rings (SSSR count). The smallest absolute Gasteiger partial charge is 0.122 e. The molecule has 0 saturated heterocycles. The minimum absolute atomic E-state index is 0.0495. The van der Waals surface area contributed by atoms with Crippen molar-refractivity contribution in [3.05, 3.63) is 29.3 Å². The van der Waals surface area contributed by atoms with Gasteiger partial charge in [0, 0.05) is 12.6 Å². The summed E-state index contributed by atoms with van der Waals surface area (Å²) in [5.74, 6) is 1.39. The van der Waals surface area contributed by atoms with E-state index in [2.05, 4.69) is 30.9 Å². The van der Waals surface area contributed by atoms with Crippen molar-refractivity contribution < 1.29 is 4.74 Å². The molecule has 0 spiro atoms. The fraction of sp³-hybridized carbons (Fsp3) is 0.571. The molecular formula is C14H24N2O. The Balaban J connectivity index is 2.99. The second kappa shape index (κ2) is 6.03. The van der Waals surface area contributed by atoms with Gasteiger partial charge in [0.25, 0.3) is 0 Å². The van der Waals surface area contributed by atoms with E-state index >= 15 is 0 Å². The van der Waals surface area contributed by atoms with Crippen molar-refractivity contribution in [3.63, 3.8) is 0 Å². The van der Waals surface area contributed by atoms with Gasteiger partial charge in [-0.15, -0.1) is 0 Å². The van der Waals surface area contributed by atoms with Gasteiger partial charge in [-0.2, -0.15) is 0 Å². The largest absolute Gasteiger partial charge is 0.496 e. The fourth-order valence-corrected chi connectivity index (χ4v) is 1.93. The van der Waals surface area contributed by atoms with E-state index in [-0.39, 0.29) is 6.04 Å². The molecule has 1 aromatic carbocycles. The SMILES string of the molecule is COc1ccc(C(N)CN(C)C)cc1C(C)C. The van der Waals surface area contributed by atoms with Gasteiger partial charge in [0.1, 0.15) is 5.75 Å². The highest BCUT2D eigenvalue weighted by Crippen LogP contribution is 2.28. The van der Waals surface area contributed by atoms with E-state index in [9.17, 15) is 0 Å². The first-order valence-electron chi connectivity index (χ1n) is 6.03. The summed E-state index contributed by atoms with van der Waals surface area (Å²) in [6.07, 6.45) is 0. The second-order valence-electron chi connectivity index (χ2n) is 5.02. The van der Waals surface area contributed by atoms with Gasteiger partial charge in [-0.3, -0.25) is 0 Å². The van der Waals surface area contributed by atoms with E-state index in [0.717, 1.165) is 12.3 Å². The number of ether oxygens (including phenoxy) is 1. The van der Waals surface area contributed by atoms with E-state index in [4.69, 9.17) is 10.5 Å². The summed E-state index contributed by atoms with van der Waals surface area (Å²) in [6.45, 7) is 5.18. The van der Waals surface area contributed by atoms with Gasteiger partial charge in [-0.05, 0) is 37.2 Å². The average molecular weight is 236 g/mol. The molecule has 0 aliphatic rings. The van der Waals surface area contributed by atoms with Gasteiger partial charge in [0.15, 0.2) is 0 Å². The Morgan fingerprint density at radius 1 is 1.29 bits per heavy atom. The zero-order chi connectivity index (χ0) is 13.0. The Morgan fingerprint density at radius 2 is 1.94 bits per heavy atom. The van der Waals surface area contributed by atoms with Crippen LogP contribution in [0.4, 0.5) is 0 Å². The molecule has 3 heteroatoms. The van der Waals surface area contributed by atoms with Gasteiger partial charge in [-0.1, -0.05) is 26.0 Å². The summed E-state index contributed by atoms with van der Waals surface area (Å²) >= 11 is 0. The average Bonchev–Trinajstić information content (AvgIpc) is 2.27. The van der Waals surface area contributed by atoms with Gasteiger partial charge < -0.3 is 15.4 Å². The van der Waals surface area contributed by atoms with Crippen LogP contribution in [0.5, 0.6) is 5.75 Å². The van der Waals surface area contributed by atoms with Crippen LogP contribution in [-0.4, -0.2) is 32.6 Å². The number of benzene rings is 1. The molecule has 1 unspecified atom stereocenters. The lowest BCUT2D eigenvalue weighted by atomic mass is 9.96. The third-order valence-corrected chi connectivity index (χ3v) is 2.87. The molecule has 96 valence electrons. The monoisotopic (exact) mass is 236 g/mol. The maximum absolute atomic E-state index is 6.17. The first-order chi connectivity index (χ1) is 7.95. The van der Waals surface area contributed by atoms with Crippen molar-refractivity contribution in [1.29, 1.82) is 0 Å². The fourth-order valence-electron chi connectivity index (χ4n) is 1.93. The molecule has 2 N–H and O–H groups in total. The van der Waals surface area contributed by atoms with Gasteiger partial charge >= 0.3 is 0 Å². The molecule has 3 nitrogen and oxygen atoms in total. The quantitative estimate of drug-likeness (QED) is 0.853. The molecule has 0 fully saturated rings. The van der Waals surface area contributed by atoms with Gasteiger partial charge in [0.2, 0.25) is 0 Å². The van der Waals surface area contributed by atoms with Crippen LogP contribution in [0.2, 0.25) is 0 Å². The first kappa shape index (κ1) is 14.0. The predicted molar refractivity (Wildman–Crippen MR) is 72.6 cm³/mol. The predicted octanol–water partition coefficient (Wildman–Crippen LogP) is 2.38. The van der Waals surface area contributed by atoms with Crippen molar-refractivity contribution in [2.75, 3.05) is 27.7 Å². The zero-order valence-electron chi connectivity index (χ0n) is 11.5. The van der Waals surface area contributed by atoms with E-state index in [0.29, 0.717) is 5.92 Å². The van der Waals surface area contributed by atoms with Crippen LogP contribution in [0.3, 0.4) is 0 Å². The van der Waals surface area contributed by atoms with E-state index in [1.807, 2.05) is 20.2 Å². The molecule has 1 aromatic rings. The number of nitrogens with two attached hydrogens (primary N) is 1. The minimum atomic E-state index is 0.0495. The number of nitrogens with zero attached hydrogens (tertiary/aromatic N) is 1. The number of rotatable bonds is 5. The molecule has 0 aliphatic heterocycles. The van der Waals surface area contributed by atoms with Crippen molar-refractivity contribution in [1.82, 2.24) is 4.90 Å². The van der Waals surface area contributed by atoms with Crippen molar-refractivity contribution in [2.45, 2.75) is 25.8 Å². The minimum Gasteiger partial charge on any atom is -0.496 e. The maximum Gasteiger partial charge on any atom is 0.122 e. The maximum atomic E-state index is 6.17. The summed E-state index contributed by atoms with van der Waals surface area (Å²) < 4.78 is 5.37. The van der Waals surface area contributed by atoms with Crippen molar-refractivity contribution in [3.8, 4) is 5.75 Å². The molecule has 0 bridgehead atoms. The molecule has 0 amide bonds. The molecule has 0 radical (unpaired) electrons. The summed E-state index contributed by atoms with van der Waals surface area (Å²) in [5.41, 5.74) is 8.57. The number of hydrogen-bond donors (Lipinski definition) is 1. The van der Waals surface area contributed by atoms with Crippen LogP contribution < -0.4 is 10.5 Å². The van der Waals surface area contributed by atoms with Crippen LogP contribution in [0.15, 0.2) is 18.2 Å². The Labute approximate surface area is 105 Å². The van der Waals surface area contributed by atoms with Crippen LogP contribution in [0, 0.1) is 0 Å². The third-order valence-electron chi connectivity index (χ3n) is 2.87. The lowest BCUT2D eigenvalue weighted by Crippen LogP contribution is -2.26. The zero-order valence-corrected chi connectivity index (χ0v) is 11.5. The normalized spacial score (nSPS) is 13.2. The van der Waals surface area contributed by atoms with Crippen molar-refractivity contribution >= 4 is 0 Å². The highest BCUT2D eigenvalue weighted by atomic mass is 16.5. The third kappa shape index (κ3) is 3.72. The number of methoxy groups -OCH3 is 1. The number of hydrogen-bond acceptors (Lipinski definition) is 3. The van der Waals surface area contributed by atoms with Gasteiger partial charge in [-0.25, -0.2) is 0 Å². The Bertz CT molecular complexity index is 361. The second-order valence-corrected chi connectivity index (χ2v) is 5.02. The summed E-state index contributed by atoms with van der Waals surface area (Å²) in [5, 5.41) is 0. The molecule has 17 heavy (non-hydrogen) atoms. The lowest BCUT2D eigenvalue weighted by Gasteiger charge is -2.20. The summed E-state index contributed by atoms with van der Waals surface area (Å²) in [4.78, 5) is 2.10. The molecule has 0 aromatic heterocycles. The van der Waals surface area contributed by atoms with Crippen LogP contribution in [-0.2, 0) is 0 Å². The van der Waals surface area contributed by atoms with E-state index in [1.165, 1.54) is 11.1 Å². The van der Waals surface area contributed by atoms with E-state index < -0.39 is 0 Å². The van der Waals surface area contributed by atoms with Crippen LogP contribution >= 0.6 is 0 Å². The Morgan fingerprint density at radius 3 is 2.41 bits per heavy atom. The first-order valence-corrected chi connectivity index (χ1v) is 6.03. The van der Waals surface area contributed by atoms with Crippen LogP contribution in [0.1, 0.15) is 36.9 Å². The van der Waals surface area contributed by atoms with Crippen molar-refractivity contribution in [2.24, 2.45) is 5.73 Å². The molecule has 0 saturated carbocycles. The highest BCUT2D eigenvalue weighted by Gasteiger charge is 2.12.